The Balaban J connectivity index is 2.19. The van der Waals surface area contributed by atoms with E-state index in [4.69, 9.17) is 4.74 Å². The highest BCUT2D eigenvalue weighted by molar-refractivity contribution is 5.51. The van der Waals surface area contributed by atoms with Crippen molar-refractivity contribution in [2.24, 2.45) is 5.92 Å². The number of ether oxygens (including phenoxy) is 1. The third-order valence-electron chi connectivity index (χ3n) is 5.57. The Morgan fingerprint density at radius 1 is 1.18 bits per heavy atom. The van der Waals surface area contributed by atoms with Gasteiger partial charge in [0, 0.05) is 6.07 Å². The molecule has 0 aromatic heterocycles. The van der Waals surface area contributed by atoms with E-state index in [1.807, 2.05) is 7.11 Å². The third-order valence-corrected chi connectivity index (χ3v) is 5.57. The normalized spacial score (nSPS) is 25.7. The third kappa shape index (κ3) is 4.04. The van der Waals surface area contributed by atoms with Crippen molar-refractivity contribution < 1.29 is 4.74 Å². The molecule has 1 heterocycles. The van der Waals surface area contributed by atoms with Gasteiger partial charge < -0.3 is 4.74 Å². The first-order valence-corrected chi connectivity index (χ1v) is 9.15. The second-order valence-corrected chi connectivity index (χ2v) is 7.15. The van der Waals surface area contributed by atoms with E-state index < -0.39 is 0 Å². The maximum Gasteiger partial charge on any atom is 0.136 e. The Morgan fingerprint density at radius 3 is 2.68 bits per heavy atom. The first-order chi connectivity index (χ1) is 10.6. The van der Waals surface area contributed by atoms with Gasteiger partial charge in [0.15, 0.2) is 0 Å². The van der Waals surface area contributed by atoms with E-state index in [2.05, 4.69) is 39.1 Å². The monoisotopic (exact) mass is 304 g/mol. The summed E-state index contributed by atoms with van der Waals surface area (Å²) in [6, 6.07) is 6.95. The number of benzene rings is 1. The summed E-state index contributed by atoms with van der Waals surface area (Å²) in [5.74, 6) is 2.01. The van der Waals surface area contributed by atoms with Gasteiger partial charge in [-0.15, -0.1) is 0 Å². The molecule has 1 aromatic rings. The molecule has 0 saturated carbocycles. The maximum atomic E-state index is 5.68. The molecular formula is C20H34NO+. The van der Waals surface area contributed by atoms with E-state index in [1.165, 1.54) is 62.9 Å². The zero-order valence-corrected chi connectivity index (χ0v) is 15.0. The summed E-state index contributed by atoms with van der Waals surface area (Å²) in [5, 5.41) is 0. The fraction of sp³-hybridized carbons (Fsp3) is 0.700. The number of methoxy groups -OCH3 is 1. The largest absolute Gasteiger partial charge is 0.496 e. The predicted octanol–water partition coefficient (Wildman–Crippen LogP) is 5.19. The molecule has 2 rings (SSSR count). The standard InChI is InChI=1S/C20H34NO/c1-5-7-10-18-11-12-19(16-20(18)22-4)21(3)14-8-9-17(6-2)13-15-21/h11-12,16-17H,5-10,13-15H2,1-4H3/q+1. The Morgan fingerprint density at radius 2 is 2.00 bits per heavy atom. The van der Waals surface area contributed by atoms with E-state index >= 15 is 0 Å². The smallest absolute Gasteiger partial charge is 0.136 e. The van der Waals surface area contributed by atoms with Crippen LogP contribution < -0.4 is 9.22 Å². The lowest BCUT2D eigenvalue weighted by atomic mass is 9.98. The molecule has 0 amide bonds. The van der Waals surface area contributed by atoms with Crippen molar-refractivity contribution in [2.75, 3.05) is 27.2 Å². The van der Waals surface area contributed by atoms with Crippen molar-refractivity contribution in [3.8, 4) is 5.75 Å². The van der Waals surface area contributed by atoms with Crippen LogP contribution in [-0.4, -0.2) is 27.2 Å². The summed E-state index contributed by atoms with van der Waals surface area (Å²) in [5.41, 5.74) is 2.79. The van der Waals surface area contributed by atoms with Crippen LogP contribution >= 0.6 is 0 Å². The highest BCUT2D eigenvalue weighted by atomic mass is 16.5. The van der Waals surface area contributed by atoms with Crippen LogP contribution in [0.2, 0.25) is 0 Å². The van der Waals surface area contributed by atoms with Crippen LogP contribution in [0.5, 0.6) is 5.75 Å². The summed E-state index contributed by atoms with van der Waals surface area (Å²) in [6.45, 7) is 7.10. The van der Waals surface area contributed by atoms with Gasteiger partial charge in [0.05, 0.1) is 27.2 Å². The van der Waals surface area contributed by atoms with Gasteiger partial charge in [-0.25, -0.2) is 0 Å². The van der Waals surface area contributed by atoms with Crippen LogP contribution in [-0.2, 0) is 6.42 Å². The van der Waals surface area contributed by atoms with E-state index in [0.717, 1.165) is 22.6 Å². The molecular weight excluding hydrogens is 270 g/mol. The lowest BCUT2D eigenvalue weighted by Crippen LogP contribution is -2.45. The number of unbranched alkanes of at least 4 members (excludes halogenated alkanes) is 1. The lowest BCUT2D eigenvalue weighted by molar-refractivity contribution is 0.332. The van der Waals surface area contributed by atoms with Gasteiger partial charge >= 0.3 is 0 Å². The quantitative estimate of drug-likeness (QED) is 0.658. The molecule has 1 aliphatic rings. The minimum Gasteiger partial charge on any atom is -0.496 e. The Hall–Kier alpha value is -1.02. The van der Waals surface area contributed by atoms with Crippen LogP contribution in [0.4, 0.5) is 5.69 Å². The second kappa shape index (κ2) is 8.01. The number of hydrogen-bond donors (Lipinski definition) is 0. The molecule has 124 valence electrons. The van der Waals surface area contributed by atoms with E-state index in [9.17, 15) is 0 Å². The van der Waals surface area contributed by atoms with Crippen molar-refractivity contribution in [3.63, 3.8) is 0 Å². The molecule has 0 radical (unpaired) electrons. The molecule has 22 heavy (non-hydrogen) atoms. The summed E-state index contributed by atoms with van der Waals surface area (Å²) >= 11 is 0. The molecule has 2 nitrogen and oxygen atoms in total. The number of nitrogens with zero attached hydrogens (tertiary/aromatic N) is 1. The molecule has 1 fully saturated rings. The van der Waals surface area contributed by atoms with Gasteiger partial charge in [0.25, 0.3) is 0 Å². The molecule has 2 atom stereocenters. The van der Waals surface area contributed by atoms with Crippen molar-refractivity contribution in [2.45, 2.75) is 58.8 Å². The number of quaternary nitrogens is 1. The summed E-state index contributed by atoms with van der Waals surface area (Å²) in [7, 11) is 4.21. The molecule has 2 heteroatoms. The predicted molar refractivity (Wildman–Crippen MR) is 96.7 cm³/mol. The lowest BCUT2D eigenvalue weighted by Gasteiger charge is -2.33. The molecule has 1 aliphatic heterocycles. The molecule has 0 spiro atoms. The molecule has 0 aliphatic carbocycles. The van der Waals surface area contributed by atoms with Crippen molar-refractivity contribution in [1.82, 2.24) is 4.48 Å². The maximum absolute atomic E-state index is 5.68. The minimum absolute atomic E-state index is 0.922. The van der Waals surface area contributed by atoms with Gasteiger partial charge in [-0.3, -0.25) is 4.48 Å². The van der Waals surface area contributed by atoms with Crippen LogP contribution in [0.3, 0.4) is 0 Å². The highest BCUT2D eigenvalue weighted by Gasteiger charge is 2.29. The van der Waals surface area contributed by atoms with Crippen LogP contribution in [0.25, 0.3) is 0 Å². The Bertz CT molecular complexity index is 471. The molecule has 2 unspecified atom stereocenters. The van der Waals surface area contributed by atoms with Crippen molar-refractivity contribution >= 4 is 5.69 Å². The fourth-order valence-electron chi connectivity index (χ4n) is 3.76. The molecule has 0 bridgehead atoms. The van der Waals surface area contributed by atoms with Gasteiger partial charge in [-0.2, -0.15) is 0 Å². The highest BCUT2D eigenvalue weighted by Crippen LogP contribution is 2.33. The average Bonchev–Trinajstić information content (AvgIpc) is 2.75. The number of rotatable bonds is 6. The Kier molecular flexibility index (Phi) is 6.31. The molecule has 1 saturated heterocycles. The SMILES string of the molecule is CCCCc1ccc([N+]2(C)CCCC(CC)CC2)cc1OC. The Labute approximate surface area is 137 Å². The van der Waals surface area contributed by atoms with E-state index in [1.54, 1.807) is 0 Å². The summed E-state index contributed by atoms with van der Waals surface area (Å²) in [6.07, 6.45) is 9.02. The average molecular weight is 304 g/mol. The first-order valence-electron chi connectivity index (χ1n) is 9.15. The van der Waals surface area contributed by atoms with Gasteiger partial charge in [-0.05, 0) is 55.7 Å². The number of hydrogen-bond acceptors (Lipinski definition) is 1. The van der Waals surface area contributed by atoms with Crippen LogP contribution in [0, 0.1) is 5.92 Å². The van der Waals surface area contributed by atoms with Crippen molar-refractivity contribution in [1.29, 1.82) is 0 Å². The van der Waals surface area contributed by atoms with E-state index in [0.29, 0.717) is 0 Å². The summed E-state index contributed by atoms with van der Waals surface area (Å²) < 4.78 is 6.75. The zero-order valence-electron chi connectivity index (χ0n) is 15.0. The van der Waals surface area contributed by atoms with Gasteiger partial charge in [0.2, 0.25) is 0 Å². The van der Waals surface area contributed by atoms with Crippen LogP contribution in [0.1, 0.15) is 57.9 Å². The summed E-state index contributed by atoms with van der Waals surface area (Å²) in [4.78, 5) is 0. The fourth-order valence-corrected chi connectivity index (χ4v) is 3.76. The topological polar surface area (TPSA) is 9.23 Å². The van der Waals surface area contributed by atoms with E-state index in [-0.39, 0.29) is 0 Å². The number of likely N-dealkylation sites (tertiary alicyclic amines) is 1. The van der Waals surface area contributed by atoms with Crippen molar-refractivity contribution in [3.05, 3.63) is 23.8 Å². The van der Waals surface area contributed by atoms with Gasteiger partial charge in [0.1, 0.15) is 11.4 Å². The zero-order chi connectivity index (χ0) is 16.0. The molecule has 1 aromatic carbocycles. The van der Waals surface area contributed by atoms with Gasteiger partial charge in [-0.1, -0.05) is 26.7 Å². The second-order valence-electron chi connectivity index (χ2n) is 7.15. The minimum atomic E-state index is 0.922. The number of aryl methyl sites for hydroxylation is 1. The molecule has 0 N–H and O–H groups in total. The van der Waals surface area contributed by atoms with Crippen LogP contribution in [0.15, 0.2) is 18.2 Å². The first kappa shape index (κ1) is 17.3.